The van der Waals surface area contributed by atoms with E-state index in [0.717, 1.165) is 10.5 Å². The third-order valence-electron chi connectivity index (χ3n) is 3.97. The minimum Gasteiger partial charge on any atom is -0.490 e. The van der Waals surface area contributed by atoms with Crippen molar-refractivity contribution in [1.29, 1.82) is 0 Å². The molecule has 0 spiro atoms. The molecule has 1 unspecified atom stereocenters. The molecule has 0 saturated carbocycles. The number of urea groups is 1. The maximum atomic E-state index is 12.2. The third kappa shape index (κ3) is 7.29. The molecule has 1 atom stereocenters. The maximum absolute atomic E-state index is 12.2. The van der Waals surface area contributed by atoms with Crippen molar-refractivity contribution in [2.24, 2.45) is 0 Å². The van der Waals surface area contributed by atoms with E-state index in [1.165, 1.54) is 0 Å². The van der Waals surface area contributed by atoms with E-state index in [2.05, 4.69) is 10.6 Å². The normalized spacial score (nSPS) is 11.4. The molecule has 0 saturated heterocycles. The molecule has 3 amide bonds. The van der Waals surface area contributed by atoms with Crippen molar-refractivity contribution >= 4 is 29.2 Å². The Morgan fingerprint density at radius 3 is 2.41 bits per heavy atom. The van der Waals surface area contributed by atoms with E-state index in [-0.39, 0.29) is 12.5 Å². The first-order chi connectivity index (χ1) is 13.9. The molecule has 7 nitrogen and oxygen atoms in total. The molecule has 2 aromatic rings. The molecule has 0 bridgehead atoms. The van der Waals surface area contributed by atoms with Gasteiger partial charge in [-0.2, -0.15) is 0 Å². The van der Waals surface area contributed by atoms with E-state index >= 15 is 0 Å². The lowest BCUT2D eigenvalue weighted by Gasteiger charge is -2.15. The van der Waals surface area contributed by atoms with Crippen LogP contribution in [0.15, 0.2) is 42.5 Å². The second-order valence-electron chi connectivity index (χ2n) is 6.43. The SMILES string of the molecule is CCOc1ccc(NC(=O)NC(=O)C[NH+](C)Cc2ccccc2Cl)cc1OCC. The van der Waals surface area contributed by atoms with Gasteiger partial charge in [0, 0.05) is 22.3 Å². The van der Waals surface area contributed by atoms with Gasteiger partial charge in [0.1, 0.15) is 6.54 Å². The Morgan fingerprint density at radius 1 is 1.03 bits per heavy atom. The monoisotopic (exact) mass is 420 g/mol. The summed E-state index contributed by atoms with van der Waals surface area (Å²) in [6, 6.07) is 11.9. The number of hydrogen-bond donors (Lipinski definition) is 3. The van der Waals surface area contributed by atoms with Crippen LogP contribution in [0.2, 0.25) is 5.02 Å². The molecule has 3 N–H and O–H groups in total. The fraction of sp³-hybridized carbons (Fsp3) is 0.333. The fourth-order valence-electron chi connectivity index (χ4n) is 2.77. The minimum absolute atomic E-state index is 0.131. The van der Waals surface area contributed by atoms with Gasteiger partial charge >= 0.3 is 6.03 Å². The summed E-state index contributed by atoms with van der Waals surface area (Å²) in [5.41, 5.74) is 1.45. The summed E-state index contributed by atoms with van der Waals surface area (Å²) >= 11 is 6.15. The highest BCUT2D eigenvalue weighted by atomic mass is 35.5. The number of carbonyl (C=O) groups is 2. The predicted molar refractivity (Wildman–Crippen MR) is 113 cm³/mol. The number of benzene rings is 2. The van der Waals surface area contributed by atoms with Gasteiger partial charge in [0.2, 0.25) is 0 Å². The topological polar surface area (TPSA) is 81.1 Å². The van der Waals surface area contributed by atoms with Crippen LogP contribution in [0.5, 0.6) is 11.5 Å². The molecular formula is C21H27ClN3O4+. The number of likely N-dealkylation sites (N-methyl/N-ethyl adjacent to an activating group) is 1. The van der Waals surface area contributed by atoms with E-state index in [1.807, 2.05) is 45.2 Å². The summed E-state index contributed by atoms with van der Waals surface area (Å²) in [6.07, 6.45) is 0. The Hall–Kier alpha value is -2.77. The maximum Gasteiger partial charge on any atom is 0.326 e. The molecule has 0 aliphatic carbocycles. The summed E-state index contributed by atoms with van der Waals surface area (Å²) in [6.45, 7) is 5.42. The average Bonchev–Trinajstić information content (AvgIpc) is 2.65. The highest BCUT2D eigenvalue weighted by Crippen LogP contribution is 2.30. The summed E-state index contributed by atoms with van der Waals surface area (Å²) in [4.78, 5) is 25.2. The number of nitrogens with one attached hydrogen (secondary N) is 3. The van der Waals surface area contributed by atoms with Crippen molar-refractivity contribution in [3.8, 4) is 11.5 Å². The molecule has 0 aromatic heterocycles. The molecule has 0 radical (unpaired) electrons. The van der Waals surface area contributed by atoms with Gasteiger partial charge < -0.3 is 19.7 Å². The average molecular weight is 421 g/mol. The van der Waals surface area contributed by atoms with Crippen LogP contribution in [0.3, 0.4) is 0 Å². The first-order valence-corrected chi connectivity index (χ1v) is 9.85. The van der Waals surface area contributed by atoms with Crippen LogP contribution in [0.1, 0.15) is 19.4 Å². The van der Waals surface area contributed by atoms with Crippen LogP contribution in [0.25, 0.3) is 0 Å². The molecule has 0 aliphatic heterocycles. The van der Waals surface area contributed by atoms with Crippen molar-refractivity contribution < 1.29 is 24.0 Å². The quantitative estimate of drug-likeness (QED) is 0.582. The van der Waals surface area contributed by atoms with Crippen LogP contribution in [-0.4, -0.2) is 38.7 Å². The lowest BCUT2D eigenvalue weighted by atomic mass is 10.2. The molecule has 0 fully saturated rings. The van der Waals surface area contributed by atoms with Crippen LogP contribution in [0.4, 0.5) is 10.5 Å². The van der Waals surface area contributed by atoms with Gasteiger partial charge in [-0.05, 0) is 32.0 Å². The van der Waals surface area contributed by atoms with Crippen LogP contribution in [-0.2, 0) is 11.3 Å². The van der Waals surface area contributed by atoms with Gasteiger partial charge in [0.25, 0.3) is 5.91 Å². The summed E-state index contributed by atoms with van der Waals surface area (Å²) in [7, 11) is 1.86. The molecule has 0 aliphatic rings. The predicted octanol–water partition coefficient (Wildman–Crippen LogP) is 2.50. The first-order valence-electron chi connectivity index (χ1n) is 9.48. The number of rotatable bonds is 9. The molecule has 8 heteroatoms. The van der Waals surface area contributed by atoms with Crippen molar-refractivity contribution in [3.05, 3.63) is 53.1 Å². The second kappa shape index (κ2) is 11.3. The highest BCUT2D eigenvalue weighted by molar-refractivity contribution is 6.31. The van der Waals surface area contributed by atoms with E-state index in [1.54, 1.807) is 18.2 Å². The highest BCUT2D eigenvalue weighted by Gasteiger charge is 2.15. The van der Waals surface area contributed by atoms with Gasteiger partial charge in [-0.25, -0.2) is 4.79 Å². The smallest absolute Gasteiger partial charge is 0.326 e. The minimum atomic E-state index is -0.604. The van der Waals surface area contributed by atoms with Crippen LogP contribution < -0.4 is 25.0 Å². The first kappa shape index (κ1) is 22.5. The van der Waals surface area contributed by atoms with Gasteiger partial charge in [-0.1, -0.05) is 29.8 Å². The van der Waals surface area contributed by atoms with Gasteiger partial charge in [-0.3, -0.25) is 10.1 Å². The fourth-order valence-corrected chi connectivity index (χ4v) is 2.97. The van der Waals surface area contributed by atoms with Gasteiger partial charge in [-0.15, -0.1) is 0 Å². The van der Waals surface area contributed by atoms with Crippen molar-refractivity contribution in [3.63, 3.8) is 0 Å². The number of carbonyl (C=O) groups excluding carboxylic acids is 2. The standard InChI is InChI=1S/C21H26ClN3O4/c1-4-28-18-11-10-16(12-19(18)29-5-2)23-21(27)24-20(26)14-25(3)13-15-8-6-7-9-17(15)22/h6-12H,4-5,13-14H2,1-3H3,(H2,23,24,26,27)/p+1. The number of hydrogen-bond acceptors (Lipinski definition) is 4. The molecular weight excluding hydrogens is 394 g/mol. The number of imide groups is 1. The largest absolute Gasteiger partial charge is 0.490 e. The molecule has 29 heavy (non-hydrogen) atoms. The lowest BCUT2D eigenvalue weighted by Crippen LogP contribution is -3.09. The Balaban J connectivity index is 1.88. The number of halogens is 1. The third-order valence-corrected chi connectivity index (χ3v) is 4.34. The van der Waals surface area contributed by atoms with E-state index in [0.29, 0.717) is 42.0 Å². The number of quaternary nitrogens is 1. The zero-order chi connectivity index (χ0) is 21.2. The Morgan fingerprint density at radius 2 is 1.72 bits per heavy atom. The van der Waals surface area contributed by atoms with Gasteiger partial charge in [0.15, 0.2) is 18.0 Å². The summed E-state index contributed by atoms with van der Waals surface area (Å²) in [5.74, 6) is 0.742. The summed E-state index contributed by atoms with van der Waals surface area (Å²) < 4.78 is 11.0. The zero-order valence-corrected chi connectivity index (χ0v) is 17.6. The van der Waals surface area contributed by atoms with Crippen LogP contribution in [0, 0.1) is 0 Å². The van der Waals surface area contributed by atoms with E-state index < -0.39 is 6.03 Å². The molecule has 2 rings (SSSR count). The lowest BCUT2D eigenvalue weighted by molar-refractivity contribution is -0.885. The van der Waals surface area contributed by atoms with E-state index in [4.69, 9.17) is 21.1 Å². The Kier molecular flexibility index (Phi) is 8.76. The van der Waals surface area contributed by atoms with Crippen LogP contribution >= 0.6 is 11.6 Å². The van der Waals surface area contributed by atoms with Gasteiger partial charge in [0.05, 0.1) is 20.3 Å². The van der Waals surface area contributed by atoms with Crippen molar-refractivity contribution in [2.75, 3.05) is 32.1 Å². The van der Waals surface area contributed by atoms with Crippen molar-refractivity contribution in [1.82, 2.24) is 5.32 Å². The van der Waals surface area contributed by atoms with E-state index in [9.17, 15) is 9.59 Å². The molecule has 156 valence electrons. The Bertz CT molecular complexity index is 844. The number of anilines is 1. The number of ether oxygens (including phenoxy) is 2. The molecule has 2 aromatic carbocycles. The second-order valence-corrected chi connectivity index (χ2v) is 6.84. The Labute approximate surface area is 175 Å². The zero-order valence-electron chi connectivity index (χ0n) is 16.9. The number of amides is 3. The molecule has 0 heterocycles. The van der Waals surface area contributed by atoms with Crippen molar-refractivity contribution in [2.45, 2.75) is 20.4 Å². The summed E-state index contributed by atoms with van der Waals surface area (Å²) in [5, 5.41) is 5.63.